The third-order valence-electron chi connectivity index (χ3n) is 6.85. The van der Waals surface area contributed by atoms with E-state index >= 15 is 0 Å². The van der Waals surface area contributed by atoms with Gasteiger partial charge in [-0.1, -0.05) is 0 Å². The fourth-order valence-electron chi connectivity index (χ4n) is 5.00. The van der Waals surface area contributed by atoms with Crippen molar-refractivity contribution in [1.82, 2.24) is 38.8 Å². The van der Waals surface area contributed by atoms with Crippen LogP contribution in [-0.4, -0.2) is 63.1 Å². The summed E-state index contributed by atoms with van der Waals surface area (Å²) in [6.45, 7) is 0.732. The van der Waals surface area contributed by atoms with Gasteiger partial charge in [0.05, 0.1) is 46.4 Å². The molecule has 6 rings (SSSR count). The molecule has 1 atom stereocenters. The van der Waals surface area contributed by atoms with E-state index < -0.39 is 6.09 Å². The van der Waals surface area contributed by atoms with E-state index in [-0.39, 0.29) is 18.3 Å². The summed E-state index contributed by atoms with van der Waals surface area (Å²) in [5.74, 6) is 0. The lowest BCUT2D eigenvalue weighted by Crippen LogP contribution is -2.42. The molecule has 0 aliphatic carbocycles. The number of pyridine rings is 3. The highest BCUT2D eigenvalue weighted by atomic mass is 16.4. The molecule has 1 aliphatic rings. The number of carbonyl (C=O) groups is 1. The quantitative estimate of drug-likeness (QED) is 0.417. The van der Waals surface area contributed by atoms with Gasteiger partial charge in [-0.2, -0.15) is 5.10 Å². The van der Waals surface area contributed by atoms with Gasteiger partial charge in [-0.05, 0) is 37.1 Å². The van der Waals surface area contributed by atoms with Crippen molar-refractivity contribution < 1.29 is 9.90 Å². The summed E-state index contributed by atoms with van der Waals surface area (Å²) in [7, 11) is 3.57. The SMILES string of the molecule is Cn1cc(-c2ccc(-c3ccc4ncc5c(c4n3)n(C3CCCN(C(=O)O)C3)c(=O)n5C)cn2)cn1. The number of imidazole rings is 1. The summed E-state index contributed by atoms with van der Waals surface area (Å²) in [5, 5.41) is 13.7. The van der Waals surface area contributed by atoms with Crippen molar-refractivity contribution >= 4 is 28.2 Å². The van der Waals surface area contributed by atoms with Crippen molar-refractivity contribution in [2.24, 2.45) is 14.1 Å². The van der Waals surface area contributed by atoms with Crippen LogP contribution in [0.5, 0.6) is 0 Å². The zero-order valence-electron chi connectivity index (χ0n) is 19.9. The highest BCUT2D eigenvalue weighted by Gasteiger charge is 2.28. The zero-order chi connectivity index (χ0) is 25.0. The van der Waals surface area contributed by atoms with Gasteiger partial charge in [0.25, 0.3) is 0 Å². The van der Waals surface area contributed by atoms with Gasteiger partial charge in [-0.15, -0.1) is 0 Å². The molecule has 6 heterocycles. The van der Waals surface area contributed by atoms with Crippen LogP contribution in [0.4, 0.5) is 4.79 Å². The van der Waals surface area contributed by atoms with Crippen molar-refractivity contribution in [1.29, 1.82) is 0 Å². The number of carboxylic acid groups (broad SMARTS) is 1. The summed E-state index contributed by atoms with van der Waals surface area (Å²) in [4.78, 5) is 40.4. The van der Waals surface area contributed by atoms with Gasteiger partial charge in [0.15, 0.2) is 0 Å². The third kappa shape index (κ3) is 3.51. The first-order valence-electron chi connectivity index (χ1n) is 11.7. The molecule has 0 saturated carbocycles. The van der Waals surface area contributed by atoms with E-state index in [0.29, 0.717) is 47.1 Å². The van der Waals surface area contributed by atoms with E-state index in [9.17, 15) is 14.7 Å². The first-order valence-corrected chi connectivity index (χ1v) is 11.7. The molecule has 0 spiro atoms. The number of likely N-dealkylation sites (tertiary alicyclic amines) is 1. The number of aryl methyl sites for hydroxylation is 2. The molecule has 11 nitrogen and oxygen atoms in total. The molecule has 0 aromatic carbocycles. The van der Waals surface area contributed by atoms with E-state index in [4.69, 9.17) is 4.98 Å². The minimum Gasteiger partial charge on any atom is -0.465 e. The summed E-state index contributed by atoms with van der Waals surface area (Å²) >= 11 is 0. The average molecular weight is 485 g/mol. The molecule has 182 valence electrons. The van der Waals surface area contributed by atoms with Gasteiger partial charge in [0.1, 0.15) is 5.52 Å². The Kier molecular flexibility index (Phi) is 5.06. The Morgan fingerprint density at radius 3 is 2.58 bits per heavy atom. The predicted octanol–water partition coefficient (Wildman–Crippen LogP) is 3.06. The molecule has 1 unspecified atom stereocenters. The molecule has 36 heavy (non-hydrogen) atoms. The molecule has 1 N–H and O–H groups in total. The second kappa shape index (κ2) is 8.29. The van der Waals surface area contributed by atoms with Crippen LogP contribution in [0.25, 0.3) is 44.6 Å². The smallest absolute Gasteiger partial charge is 0.407 e. The van der Waals surface area contributed by atoms with Gasteiger partial charge >= 0.3 is 11.8 Å². The lowest BCUT2D eigenvalue weighted by atomic mass is 10.1. The summed E-state index contributed by atoms with van der Waals surface area (Å²) < 4.78 is 4.99. The molecular weight excluding hydrogens is 460 g/mol. The van der Waals surface area contributed by atoms with Crippen LogP contribution in [-0.2, 0) is 14.1 Å². The lowest BCUT2D eigenvalue weighted by Gasteiger charge is -2.31. The fourth-order valence-corrected chi connectivity index (χ4v) is 5.00. The predicted molar refractivity (Wildman–Crippen MR) is 134 cm³/mol. The highest BCUT2D eigenvalue weighted by Crippen LogP contribution is 2.30. The van der Waals surface area contributed by atoms with E-state index in [1.807, 2.05) is 37.5 Å². The summed E-state index contributed by atoms with van der Waals surface area (Å²) in [6, 6.07) is 7.39. The van der Waals surface area contributed by atoms with E-state index in [0.717, 1.165) is 16.8 Å². The summed E-state index contributed by atoms with van der Waals surface area (Å²) in [6.07, 6.45) is 7.56. The van der Waals surface area contributed by atoms with E-state index in [2.05, 4.69) is 15.1 Å². The van der Waals surface area contributed by atoms with Crippen molar-refractivity contribution in [3.05, 3.63) is 59.5 Å². The number of piperidine rings is 1. The van der Waals surface area contributed by atoms with Crippen LogP contribution in [0.15, 0.2) is 53.8 Å². The monoisotopic (exact) mass is 484 g/mol. The molecule has 1 amide bonds. The Labute approximate surface area is 205 Å². The Morgan fingerprint density at radius 2 is 1.86 bits per heavy atom. The Balaban J connectivity index is 1.48. The van der Waals surface area contributed by atoms with Crippen molar-refractivity contribution in [3.63, 3.8) is 0 Å². The number of hydrogen-bond acceptors (Lipinski definition) is 6. The van der Waals surface area contributed by atoms with Gasteiger partial charge in [-0.25, -0.2) is 14.6 Å². The van der Waals surface area contributed by atoms with Crippen LogP contribution in [0.3, 0.4) is 0 Å². The molecule has 1 aliphatic heterocycles. The number of amides is 1. The first kappa shape index (κ1) is 22.0. The second-order valence-electron chi connectivity index (χ2n) is 9.13. The number of nitrogens with zero attached hydrogens (tertiary/aromatic N) is 8. The fraction of sp³-hybridized carbons (Fsp3) is 0.280. The van der Waals surface area contributed by atoms with E-state index in [1.54, 1.807) is 39.5 Å². The average Bonchev–Trinajstić information content (AvgIpc) is 3.45. The normalized spacial score (nSPS) is 16.2. The van der Waals surface area contributed by atoms with Gasteiger partial charge in [-0.3, -0.25) is 23.8 Å². The standard InChI is InChI=1S/C25H24N8O3/c1-30-13-16(11-28-30)18-6-5-15(10-26-18)19-7-8-20-22(29-19)23-21(12-27-20)31(2)24(34)33(23)17-4-3-9-32(14-17)25(35)36/h5-8,10-13,17H,3-4,9,14H2,1-2H3,(H,35,36). The zero-order valence-corrected chi connectivity index (χ0v) is 19.9. The molecule has 11 heteroatoms. The maximum Gasteiger partial charge on any atom is 0.407 e. The Bertz CT molecular complexity index is 1680. The summed E-state index contributed by atoms with van der Waals surface area (Å²) in [5.41, 5.74) is 5.68. The number of aromatic nitrogens is 7. The molecule has 5 aromatic heterocycles. The molecule has 1 saturated heterocycles. The molecule has 0 radical (unpaired) electrons. The van der Waals surface area contributed by atoms with Crippen molar-refractivity contribution in [2.75, 3.05) is 13.1 Å². The molecule has 5 aromatic rings. The second-order valence-corrected chi connectivity index (χ2v) is 9.13. The Hall–Kier alpha value is -4.54. The topological polar surface area (TPSA) is 124 Å². The number of fused-ring (bicyclic) bond motifs is 3. The van der Waals surface area contributed by atoms with Gasteiger partial charge < -0.3 is 10.0 Å². The van der Waals surface area contributed by atoms with Crippen LogP contribution in [0.1, 0.15) is 18.9 Å². The molecule has 0 bridgehead atoms. The maximum atomic E-state index is 13.3. The largest absolute Gasteiger partial charge is 0.465 e. The maximum absolute atomic E-state index is 13.3. The van der Waals surface area contributed by atoms with Crippen molar-refractivity contribution in [3.8, 4) is 22.5 Å². The van der Waals surface area contributed by atoms with Crippen molar-refractivity contribution in [2.45, 2.75) is 18.9 Å². The van der Waals surface area contributed by atoms with Crippen LogP contribution in [0, 0.1) is 0 Å². The van der Waals surface area contributed by atoms with Crippen LogP contribution >= 0.6 is 0 Å². The minimum absolute atomic E-state index is 0.203. The minimum atomic E-state index is -0.970. The Morgan fingerprint density at radius 1 is 1.03 bits per heavy atom. The number of hydrogen-bond donors (Lipinski definition) is 1. The van der Waals surface area contributed by atoms with Gasteiger partial charge in [0, 0.05) is 50.7 Å². The third-order valence-corrected chi connectivity index (χ3v) is 6.85. The van der Waals surface area contributed by atoms with Crippen LogP contribution in [0.2, 0.25) is 0 Å². The lowest BCUT2D eigenvalue weighted by molar-refractivity contribution is 0.121. The highest BCUT2D eigenvalue weighted by molar-refractivity contribution is 6.00. The van der Waals surface area contributed by atoms with Crippen LogP contribution < -0.4 is 5.69 Å². The number of rotatable bonds is 3. The molecule has 1 fully saturated rings. The van der Waals surface area contributed by atoms with E-state index in [1.165, 1.54) is 4.90 Å². The first-order chi connectivity index (χ1) is 17.4. The molecular formula is C25H24N8O3. The van der Waals surface area contributed by atoms with Gasteiger partial charge in [0.2, 0.25) is 0 Å².